The van der Waals surface area contributed by atoms with Gasteiger partial charge in [0.2, 0.25) is 0 Å². The summed E-state index contributed by atoms with van der Waals surface area (Å²) in [4.78, 5) is 1.18. The van der Waals surface area contributed by atoms with E-state index in [2.05, 4.69) is 10.2 Å². The lowest BCUT2D eigenvalue weighted by Crippen LogP contribution is -1.53. The first-order chi connectivity index (χ1) is 3.93. The summed E-state index contributed by atoms with van der Waals surface area (Å²) in [6, 6.07) is 0. The molecule has 0 saturated heterocycles. The highest BCUT2D eigenvalue weighted by molar-refractivity contribution is 8.76. The largest absolute Gasteiger partial charge is 0.285 e. The summed E-state index contributed by atoms with van der Waals surface area (Å²) in [5.74, 6) is 0. The predicted molar refractivity (Wildman–Crippen MR) is 38.0 cm³/mol. The molecule has 44 valence electrons. The molecule has 2 nitrogen and oxygen atoms in total. The van der Waals surface area contributed by atoms with Crippen molar-refractivity contribution in [2.75, 3.05) is 6.26 Å². The first-order valence-corrected chi connectivity index (χ1v) is 4.68. The monoisotopic (exact) mass is 146 g/mol. The Kier molecular flexibility index (Phi) is 2.29. The van der Waals surface area contributed by atoms with Crippen LogP contribution < -0.4 is 0 Å². The quantitative estimate of drug-likeness (QED) is 0.645. The van der Waals surface area contributed by atoms with Gasteiger partial charge in [-0.2, -0.15) is 5.10 Å². The van der Waals surface area contributed by atoms with Gasteiger partial charge < -0.3 is 0 Å². The van der Waals surface area contributed by atoms with Crippen molar-refractivity contribution in [1.29, 1.82) is 0 Å². The number of nitrogens with zero attached hydrogens (tertiary/aromatic N) is 1. The van der Waals surface area contributed by atoms with E-state index in [1.54, 1.807) is 27.8 Å². The Morgan fingerprint density at radius 2 is 2.62 bits per heavy atom. The van der Waals surface area contributed by atoms with Crippen LogP contribution in [0.15, 0.2) is 17.3 Å². The van der Waals surface area contributed by atoms with Crippen LogP contribution in [-0.2, 0) is 0 Å². The van der Waals surface area contributed by atoms with E-state index >= 15 is 0 Å². The van der Waals surface area contributed by atoms with Crippen LogP contribution in [0.2, 0.25) is 0 Å². The summed E-state index contributed by atoms with van der Waals surface area (Å²) in [7, 11) is 3.42. The molecule has 0 spiro atoms. The fraction of sp³-hybridized carbons (Fsp3) is 0.250. The van der Waals surface area contributed by atoms with Crippen molar-refractivity contribution in [3.05, 3.63) is 12.4 Å². The Morgan fingerprint density at radius 3 is 3.12 bits per heavy atom. The van der Waals surface area contributed by atoms with Gasteiger partial charge in [-0.15, -0.1) is 0 Å². The molecule has 1 heterocycles. The number of hydrogen-bond donors (Lipinski definition) is 1. The Bertz CT molecular complexity index is 138. The maximum Gasteiger partial charge on any atom is 0.0632 e. The minimum atomic E-state index is 1.18. The van der Waals surface area contributed by atoms with E-state index in [0.29, 0.717) is 0 Å². The van der Waals surface area contributed by atoms with Gasteiger partial charge in [0.15, 0.2) is 0 Å². The van der Waals surface area contributed by atoms with Gasteiger partial charge in [-0.3, -0.25) is 5.10 Å². The summed E-state index contributed by atoms with van der Waals surface area (Å²) < 4.78 is 0. The van der Waals surface area contributed by atoms with E-state index in [-0.39, 0.29) is 0 Å². The molecule has 1 rings (SSSR count). The zero-order valence-corrected chi connectivity index (χ0v) is 6.05. The molecule has 1 aromatic rings. The molecule has 1 N–H and O–H groups in total. The molecule has 0 aliphatic heterocycles. The van der Waals surface area contributed by atoms with E-state index < -0.39 is 0 Å². The maximum atomic E-state index is 3.78. The third kappa shape index (κ3) is 1.45. The molecular formula is C4H6N2S2. The minimum absolute atomic E-state index is 1.18. The molecule has 0 atom stereocenters. The highest BCUT2D eigenvalue weighted by Gasteiger charge is 1.88. The lowest BCUT2D eigenvalue weighted by Gasteiger charge is -1.83. The highest BCUT2D eigenvalue weighted by atomic mass is 33.1. The fourth-order valence-electron chi connectivity index (χ4n) is 0.381. The molecule has 0 aliphatic carbocycles. The molecule has 0 amide bonds. The smallest absolute Gasteiger partial charge is 0.0632 e. The Morgan fingerprint density at radius 1 is 1.75 bits per heavy atom. The van der Waals surface area contributed by atoms with Crippen LogP contribution in [0.1, 0.15) is 0 Å². The molecule has 0 aliphatic rings. The fourth-order valence-corrected chi connectivity index (χ4v) is 1.62. The molecular weight excluding hydrogens is 140 g/mol. The molecule has 4 heteroatoms. The van der Waals surface area contributed by atoms with Crippen LogP contribution in [0.5, 0.6) is 0 Å². The second-order valence-electron chi connectivity index (χ2n) is 1.18. The number of rotatable bonds is 2. The van der Waals surface area contributed by atoms with Crippen LogP contribution in [0, 0.1) is 0 Å². The summed E-state index contributed by atoms with van der Waals surface area (Å²) in [6.45, 7) is 0. The average molecular weight is 146 g/mol. The van der Waals surface area contributed by atoms with Gasteiger partial charge in [0, 0.05) is 6.20 Å². The number of hydrogen-bond acceptors (Lipinski definition) is 3. The lowest BCUT2D eigenvalue weighted by molar-refractivity contribution is 1.09. The second-order valence-corrected chi connectivity index (χ2v) is 3.66. The van der Waals surface area contributed by atoms with Gasteiger partial charge in [-0.25, -0.2) is 0 Å². The van der Waals surface area contributed by atoms with Crippen LogP contribution in [-0.4, -0.2) is 16.5 Å². The third-order valence-electron chi connectivity index (χ3n) is 0.653. The van der Waals surface area contributed by atoms with E-state index in [1.165, 1.54) is 4.90 Å². The van der Waals surface area contributed by atoms with Crippen LogP contribution in [0.3, 0.4) is 0 Å². The van der Waals surface area contributed by atoms with Crippen LogP contribution >= 0.6 is 21.6 Å². The van der Waals surface area contributed by atoms with Gasteiger partial charge in [0.25, 0.3) is 0 Å². The predicted octanol–water partition coefficient (Wildman–Crippen LogP) is 1.78. The van der Waals surface area contributed by atoms with Gasteiger partial charge in [0.1, 0.15) is 0 Å². The van der Waals surface area contributed by atoms with Crippen molar-refractivity contribution in [1.82, 2.24) is 10.2 Å². The van der Waals surface area contributed by atoms with Gasteiger partial charge >= 0.3 is 0 Å². The standard InChI is InChI=1S/C4H6N2S2/c1-7-8-4-2-5-6-3-4/h2-3H,1H3,(H,5,6). The van der Waals surface area contributed by atoms with Crippen LogP contribution in [0.25, 0.3) is 0 Å². The van der Waals surface area contributed by atoms with Crippen molar-refractivity contribution in [3.63, 3.8) is 0 Å². The summed E-state index contributed by atoms with van der Waals surface area (Å²) in [5, 5.41) is 6.51. The van der Waals surface area contributed by atoms with E-state index in [0.717, 1.165) is 0 Å². The van der Waals surface area contributed by atoms with E-state index in [9.17, 15) is 0 Å². The Labute approximate surface area is 55.8 Å². The summed E-state index contributed by atoms with van der Waals surface area (Å²) in [5.41, 5.74) is 0. The molecule has 0 unspecified atom stereocenters. The number of aromatic amines is 1. The summed E-state index contributed by atoms with van der Waals surface area (Å²) >= 11 is 0. The average Bonchev–Trinajstić information content (AvgIpc) is 2.19. The number of H-pyrrole nitrogens is 1. The number of aromatic nitrogens is 2. The van der Waals surface area contributed by atoms with E-state index in [1.807, 2.05) is 12.5 Å². The third-order valence-corrected chi connectivity index (χ3v) is 2.31. The minimum Gasteiger partial charge on any atom is -0.285 e. The van der Waals surface area contributed by atoms with Gasteiger partial charge in [-0.05, 0) is 6.26 Å². The highest BCUT2D eigenvalue weighted by Crippen LogP contribution is 2.26. The van der Waals surface area contributed by atoms with Gasteiger partial charge in [-0.1, -0.05) is 21.6 Å². The second kappa shape index (κ2) is 3.04. The Hall–Kier alpha value is -0.0900. The molecule has 0 fully saturated rings. The summed E-state index contributed by atoms with van der Waals surface area (Å²) in [6.07, 6.45) is 5.72. The van der Waals surface area contributed by atoms with Crippen LogP contribution in [0.4, 0.5) is 0 Å². The molecule has 0 saturated carbocycles. The zero-order valence-electron chi connectivity index (χ0n) is 4.42. The van der Waals surface area contributed by atoms with E-state index in [4.69, 9.17) is 0 Å². The molecule has 0 bridgehead atoms. The normalized spacial score (nSPS) is 9.62. The lowest BCUT2D eigenvalue weighted by atomic mass is 10.8. The van der Waals surface area contributed by atoms with Crippen molar-refractivity contribution in [3.8, 4) is 0 Å². The maximum absolute atomic E-state index is 3.78. The Balaban J connectivity index is 2.50. The molecule has 0 aromatic carbocycles. The van der Waals surface area contributed by atoms with Crippen molar-refractivity contribution in [2.24, 2.45) is 0 Å². The molecule has 8 heavy (non-hydrogen) atoms. The van der Waals surface area contributed by atoms with Crippen molar-refractivity contribution < 1.29 is 0 Å². The topological polar surface area (TPSA) is 28.7 Å². The van der Waals surface area contributed by atoms with Crippen molar-refractivity contribution in [2.45, 2.75) is 4.90 Å². The SMILES string of the molecule is CSSc1cn[nH]c1. The molecule has 0 radical (unpaired) electrons. The first kappa shape index (κ1) is 6.04. The first-order valence-electron chi connectivity index (χ1n) is 2.13. The van der Waals surface area contributed by atoms with Crippen molar-refractivity contribution >= 4 is 21.6 Å². The number of nitrogens with one attached hydrogen (secondary N) is 1. The zero-order chi connectivity index (χ0) is 5.82. The van der Waals surface area contributed by atoms with Gasteiger partial charge in [0.05, 0.1) is 11.1 Å². The molecule has 1 aromatic heterocycles.